The Labute approximate surface area is 125 Å². The van der Waals surface area contributed by atoms with Gasteiger partial charge in [0, 0.05) is 6.04 Å². The smallest absolute Gasteiger partial charge is 0.333 e. The molecule has 2 rings (SSSR count). The summed E-state index contributed by atoms with van der Waals surface area (Å²) in [6.45, 7) is 5.67. The maximum absolute atomic E-state index is 11.4. The van der Waals surface area contributed by atoms with Gasteiger partial charge < -0.3 is 15.4 Å². The lowest BCUT2D eigenvalue weighted by Gasteiger charge is -2.18. The number of benzene rings is 1. The summed E-state index contributed by atoms with van der Waals surface area (Å²) < 4.78 is 5.57. The van der Waals surface area contributed by atoms with E-state index in [9.17, 15) is 10.1 Å². The van der Waals surface area contributed by atoms with Gasteiger partial charge in [-0.25, -0.2) is 0 Å². The van der Waals surface area contributed by atoms with Crippen LogP contribution in [0.2, 0.25) is 0 Å². The van der Waals surface area contributed by atoms with Crippen molar-refractivity contribution >= 4 is 11.4 Å². The summed E-state index contributed by atoms with van der Waals surface area (Å²) in [5.41, 5.74) is 0.577. The van der Waals surface area contributed by atoms with E-state index in [1.807, 2.05) is 13.8 Å². The number of ether oxygens (including phenoxy) is 1. The van der Waals surface area contributed by atoms with Crippen LogP contribution in [0.25, 0.3) is 0 Å². The van der Waals surface area contributed by atoms with E-state index in [4.69, 9.17) is 4.74 Å². The van der Waals surface area contributed by atoms with E-state index in [-0.39, 0.29) is 22.8 Å². The second kappa shape index (κ2) is 7.26. The first-order valence-electron chi connectivity index (χ1n) is 7.49. The summed E-state index contributed by atoms with van der Waals surface area (Å²) in [5, 5.41) is 18.1. The first-order valence-corrected chi connectivity index (χ1v) is 7.49. The number of nitrogens with one attached hydrogen (secondary N) is 2. The monoisotopic (exact) mass is 293 g/mol. The largest absolute Gasteiger partial charge is 0.484 e. The van der Waals surface area contributed by atoms with E-state index in [1.54, 1.807) is 18.2 Å². The van der Waals surface area contributed by atoms with Gasteiger partial charge in [-0.15, -0.1) is 0 Å². The first kappa shape index (κ1) is 15.6. The van der Waals surface area contributed by atoms with Crippen molar-refractivity contribution < 1.29 is 9.66 Å². The standard InChI is InChI=1S/C15H23N3O3/c1-11(2)21-14-7-3-6-13(15(14)18(19)20)17-12-5-4-9-16-10-8-12/h3,6-7,11-12,16-17H,4-5,8-10H2,1-2H3. The van der Waals surface area contributed by atoms with Gasteiger partial charge in [0.25, 0.3) is 0 Å². The number of hydrogen-bond acceptors (Lipinski definition) is 5. The Balaban J connectivity index is 2.22. The Morgan fingerprint density at radius 2 is 2.19 bits per heavy atom. The van der Waals surface area contributed by atoms with Crippen molar-refractivity contribution in [2.45, 2.75) is 45.3 Å². The van der Waals surface area contributed by atoms with Crippen molar-refractivity contribution in [3.63, 3.8) is 0 Å². The number of hydrogen-bond donors (Lipinski definition) is 2. The molecule has 6 heteroatoms. The number of para-hydroxylation sites is 1. The highest BCUT2D eigenvalue weighted by molar-refractivity contribution is 5.68. The SMILES string of the molecule is CC(C)Oc1cccc(NC2CCCNCC2)c1[N+](=O)[O-]. The van der Waals surface area contributed by atoms with Gasteiger partial charge in [0.05, 0.1) is 11.0 Å². The number of nitro benzene ring substituents is 1. The fourth-order valence-corrected chi connectivity index (χ4v) is 2.56. The third-order valence-electron chi connectivity index (χ3n) is 3.48. The van der Waals surface area contributed by atoms with E-state index in [0.717, 1.165) is 32.4 Å². The average molecular weight is 293 g/mol. The minimum Gasteiger partial charge on any atom is -0.484 e. The van der Waals surface area contributed by atoms with E-state index >= 15 is 0 Å². The molecule has 0 bridgehead atoms. The van der Waals surface area contributed by atoms with Crippen molar-refractivity contribution in [2.75, 3.05) is 18.4 Å². The zero-order valence-electron chi connectivity index (χ0n) is 12.6. The van der Waals surface area contributed by atoms with Crippen molar-refractivity contribution in [2.24, 2.45) is 0 Å². The Bertz CT molecular complexity index is 483. The van der Waals surface area contributed by atoms with Crippen LogP contribution in [0.4, 0.5) is 11.4 Å². The Morgan fingerprint density at radius 3 is 2.90 bits per heavy atom. The average Bonchev–Trinajstić information content (AvgIpc) is 2.66. The highest BCUT2D eigenvalue weighted by Crippen LogP contribution is 2.36. The molecule has 1 unspecified atom stereocenters. The number of rotatable bonds is 5. The second-order valence-corrected chi connectivity index (χ2v) is 5.60. The van der Waals surface area contributed by atoms with Crippen molar-refractivity contribution in [1.82, 2.24) is 5.32 Å². The molecule has 1 aromatic rings. The molecule has 0 saturated carbocycles. The topological polar surface area (TPSA) is 76.4 Å². The Hall–Kier alpha value is -1.82. The molecule has 1 aliphatic rings. The molecule has 0 radical (unpaired) electrons. The lowest BCUT2D eigenvalue weighted by molar-refractivity contribution is -0.385. The molecule has 0 spiro atoms. The first-order chi connectivity index (χ1) is 10.1. The quantitative estimate of drug-likeness (QED) is 0.645. The zero-order chi connectivity index (χ0) is 15.2. The molecule has 2 N–H and O–H groups in total. The molecule has 1 aromatic carbocycles. The van der Waals surface area contributed by atoms with Crippen molar-refractivity contribution in [3.05, 3.63) is 28.3 Å². The fraction of sp³-hybridized carbons (Fsp3) is 0.600. The van der Waals surface area contributed by atoms with Crippen LogP contribution < -0.4 is 15.4 Å². The van der Waals surface area contributed by atoms with E-state index < -0.39 is 0 Å². The highest BCUT2D eigenvalue weighted by Gasteiger charge is 2.23. The predicted octanol–water partition coefficient (Wildman–Crippen LogP) is 2.94. The number of anilines is 1. The van der Waals surface area contributed by atoms with Crippen LogP contribution in [0.5, 0.6) is 5.75 Å². The normalized spacial score (nSPS) is 19.1. The summed E-state index contributed by atoms with van der Waals surface area (Å²) in [6, 6.07) is 5.46. The fourth-order valence-electron chi connectivity index (χ4n) is 2.56. The minimum atomic E-state index is -0.366. The molecule has 1 fully saturated rings. The summed E-state index contributed by atoms with van der Waals surface area (Å²) in [7, 11) is 0. The summed E-state index contributed by atoms with van der Waals surface area (Å²) in [5.74, 6) is 0.326. The predicted molar refractivity (Wildman–Crippen MR) is 83.0 cm³/mol. The van der Waals surface area contributed by atoms with Gasteiger partial charge in [-0.05, 0) is 58.3 Å². The summed E-state index contributed by atoms with van der Waals surface area (Å²) in [6.07, 6.45) is 2.96. The lowest BCUT2D eigenvalue weighted by Crippen LogP contribution is -2.22. The van der Waals surface area contributed by atoms with Crippen LogP contribution in [0.1, 0.15) is 33.1 Å². The van der Waals surface area contributed by atoms with E-state index in [0.29, 0.717) is 11.4 Å². The van der Waals surface area contributed by atoms with Crippen LogP contribution in [-0.4, -0.2) is 30.2 Å². The third kappa shape index (κ3) is 4.32. The molecule has 1 saturated heterocycles. The number of nitro groups is 1. The minimum absolute atomic E-state index is 0.0309. The van der Waals surface area contributed by atoms with Crippen LogP contribution in [0.3, 0.4) is 0 Å². The van der Waals surface area contributed by atoms with E-state index in [1.165, 1.54) is 0 Å². The summed E-state index contributed by atoms with van der Waals surface area (Å²) in [4.78, 5) is 11.0. The van der Waals surface area contributed by atoms with E-state index in [2.05, 4.69) is 10.6 Å². The molecular formula is C15H23N3O3. The Morgan fingerprint density at radius 1 is 1.38 bits per heavy atom. The van der Waals surface area contributed by atoms with Gasteiger partial charge in [0.2, 0.25) is 0 Å². The van der Waals surface area contributed by atoms with Gasteiger partial charge in [-0.2, -0.15) is 0 Å². The highest BCUT2D eigenvalue weighted by atomic mass is 16.6. The zero-order valence-corrected chi connectivity index (χ0v) is 12.6. The molecule has 0 aliphatic carbocycles. The number of nitrogens with zero attached hydrogens (tertiary/aromatic N) is 1. The van der Waals surface area contributed by atoms with Gasteiger partial charge in [-0.1, -0.05) is 6.07 Å². The lowest BCUT2D eigenvalue weighted by atomic mass is 10.1. The van der Waals surface area contributed by atoms with Gasteiger partial charge in [-0.3, -0.25) is 10.1 Å². The van der Waals surface area contributed by atoms with Crippen LogP contribution in [-0.2, 0) is 0 Å². The molecule has 0 amide bonds. The summed E-state index contributed by atoms with van der Waals surface area (Å²) >= 11 is 0. The van der Waals surface area contributed by atoms with Crippen molar-refractivity contribution in [3.8, 4) is 5.75 Å². The molecular weight excluding hydrogens is 270 g/mol. The third-order valence-corrected chi connectivity index (χ3v) is 3.48. The van der Waals surface area contributed by atoms with Crippen molar-refractivity contribution in [1.29, 1.82) is 0 Å². The molecule has 1 atom stereocenters. The maximum Gasteiger partial charge on any atom is 0.333 e. The molecule has 0 aromatic heterocycles. The second-order valence-electron chi connectivity index (χ2n) is 5.60. The Kier molecular flexibility index (Phi) is 5.38. The van der Waals surface area contributed by atoms with Crippen LogP contribution in [0.15, 0.2) is 18.2 Å². The molecule has 116 valence electrons. The van der Waals surface area contributed by atoms with Gasteiger partial charge >= 0.3 is 5.69 Å². The molecule has 6 nitrogen and oxygen atoms in total. The maximum atomic E-state index is 11.4. The van der Waals surface area contributed by atoms with Crippen LogP contribution >= 0.6 is 0 Å². The van der Waals surface area contributed by atoms with Gasteiger partial charge in [0.1, 0.15) is 5.69 Å². The molecule has 21 heavy (non-hydrogen) atoms. The molecule has 1 aliphatic heterocycles. The van der Waals surface area contributed by atoms with Crippen LogP contribution in [0, 0.1) is 10.1 Å². The molecule has 1 heterocycles. The van der Waals surface area contributed by atoms with Gasteiger partial charge in [0.15, 0.2) is 5.75 Å².